The number of fused-ring (bicyclic) bond motifs is 3. The van der Waals surface area contributed by atoms with Crippen LogP contribution in [-0.4, -0.2) is 0 Å². The Morgan fingerprint density at radius 1 is 0.425 bits per heavy atom. The van der Waals surface area contributed by atoms with Crippen LogP contribution in [-0.2, 0) is 0 Å². The summed E-state index contributed by atoms with van der Waals surface area (Å²) in [7, 11) is 0. The van der Waals surface area contributed by atoms with Gasteiger partial charge >= 0.3 is 0 Å². The van der Waals surface area contributed by atoms with E-state index in [2.05, 4.69) is 143 Å². The Hall–Kier alpha value is -4.57. The molecule has 0 amide bonds. The van der Waals surface area contributed by atoms with E-state index in [1.165, 1.54) is 20.2 Å². The molecule has 0 saturated heterocycles. The summed E-state index contributed by atoms with van der Waals surface area (Å²) in [6.07, 6.45) is 0. The molecule has 1 heterocycles. The molecule has 6 aromatic carbocycles. The van der Waals surface area contributed by atoms with Gasteiger partial charge in [-0.05, 0) is 72.8 Å². The first-order chi connectivity index (χ1) is 19.8. The van der Waals surface area contributed by atoms with Crippen LogP contribution in [0.5, 0.6) is 0 Å². The molecule has 0 radical (unpaired) electrons. The maximum absolute atomic E-state index is 7.02. The number of halogens is 1. The lowest BCUT2D eigenvalue weighted by Crippen LogP contribution is -2.10. The lowest BCUT2D eigenvalue weighted by molar-refractivity contribution is 1.29. The molecule has 0 unspecified atom stereocenters. The van der Waals surface area contributed by atoms with Gasteiger partial charge in [-0.15, -0.1) is 11.3 Å². The SMILES string of the molecule is Clc1ccc2c(sc3ccc(N(c4ccccc4)c4ccccc4)cc32)c1N(c1ccccc1)c1ccccc1. The quantitative estimate of drug-likeness (QED) is 0.202. The van der Waals surface area contributed by atoms with Crippen molar-refractivity contribution >= 4 is 77.2 Å². The number of hydrogen-bond acceptors (Lipinski definition) is 3. The predicted molar refractivity (Wildman–Crippen MR) is 174 cm³/mol. The minimum absolute atomic E-state index is 0.724. The van der Waals surface area contributed by atoms with Crippen molar-refractivity contribution in [1.82, 2.24) is 0 Å². The Labute approximate surface area is 242 Å². The van der Waals surface area contributed by atoms with Gasteiger partial charge in [0, 0.05) is 43.9 Å². The van der Waals surface area contributed by atoms with E-state index in [0.717, 1.165) is 39.1 Å². The number of nitrogens with zero attached hydrogens (tertiary/aromatic N) is 2. The fraction of sp³-hybridized carbons (Fsp3) is 0. The predicted octanol–water partition coefficient (Wildman–Crippen LogP) is 11.6. The second-order valence-electron chi connectivity index (χ2n) is 9.57. The van der Waals surface area contributed by atoms with E-state index < -0.39 is 0 Å². The highest BCUT2D eigenvalue weighted by atomic mass is 35.5. The van der Waals surface area contributed by atoms with Crippen molar-refractivity contribution in [3.05, 3.63) is 157 Å². The summed E-state index contributed by atoms with van der Waals surface area (Å²) in [5.41, 5.74) is 6.50. The second-order valence-corrected chi connectivity index (χ2v) is 11.0. The average molecular weight is 553 g/mol. The zero-order valence-electron chi connectivity index (χ0n) is 21.6. The third kappa shape index (κ3) is 4.40. The van der Waals surface area contributed by atoms with Crippen LogP contribution in [0, 0.1) is 0 Å². The third-order valence-corrected chi connectivity index (χ3v) is 8.59. The summed E-state index contributed by atoms with van der Waals surface area (Å²) in [5.74, 6) is 0. The van der Waals surface area contributed by atoms with Crippen LogP contribution in [0.15, 0.2) is 152 Å². The Morgan fingerprint density at radius 3 is 1.40 bits per heavy atom. The molecule has 0 bridgehead atoms. The van der Waals surface area contributed by atoms with E-state index in [1.807, 2.05) is 18.2 Å². The Kier molecular flexibility index (Phi) is 6.45. The van der Waals surface area contributed by atoms with Crippen molar-refractivity contribution in [2.45, 2.75) is 0 Å². The topological polar surface area (TPSA) is 6.48 Å². The van der Waals surface area contributed by atoms with Gasteiger partial charge in [0.15, 0.2) is 0 Å². The van der Waals surface area contributed by atoms with Gasteiger partial charge in [0.1, 0.15) is 0 Å². The first-order valence-electron chi connectivity index (χ1n) is 13.2. The van der Waals surface area contributed by atoms with E-state index in [-0.39, 0.29) is 0 Å². The molecular weight excluding hydrogens is 528 g/mol. The van der Waals surface area contributed by atoms with E-state index in [1.54, 1.807) is 11.3 Å². The second kappa shape index (κ2) is 10.5. The van der Waals surface area contributed by atoms with Gasteiger partial charge in [0.05, 0.1) is 15.4 Å². The summed E-state index contributed by atoms with van der Waals surface area (Å²) in [6.45, 7) is 0. The average Bonchev–Trinajstić information content (AvgIpc) is 3.39. The summed E-state index contributed by atoms with van der Waals surface area (Å²) in [4.78, 5) is 4.57. The molecule has 0 N–H and O–H groups in total. The zero-order valence-corrected chi connectivity index (χ0v) is 23.2. The van der Waals surface area contributed by atoms with Gasteiger partial charge in [-0.1, -0.05) is 90.5 Å². The van der Waals surface area contributed by atoms with E-state index in [4.69, 9.17) is 11.6 Å². The van der Waals surface area contributed by atoms with Crippen LogP contribution in [0.4, 0.5) is 34.1 Å². The number of para-hydroxylation sites is 4. The highest BCUT2D eigenvalue weighted by Gasteiger charge is 2.22. The van der Waals surface area contributed by atoms with Crippen LogP contribution in [0.3, 0.4) is 0 Å². The summed E-state index contributed by atoms with van der Waals surface area (Å²) in [5, 5.41) is 3.13. The maximum Gasteiger partial charge on any atom is 0.0827 e. The lowest BCUT2D eigenvalue weighted by atomic mass is 10.1. The lowest BCUT2D eigenvalue weighted by Gasteiger charge is -2.27. The molecule has 0 aliphatic heterocycles. The number of hydrogen-bond donors (Lipinski definition) is 0. The third-order valence-electron chi connectivity index (χ3n) is 7.09. The summed E-state index contributed by atoms with van der Waals surface area (Å²) < 4.78 is 2.39. The van der Waals surface area contributed by atoms with Crippen LogP contribution in [0.25, 0.3) is 20.2 Å². The van der Waals surface area contributed by atoms with Crippen LogP contribution < -0.4 is 9.80 Å². The number of thiophene rings is 1. The van der Waals surface area contributed by atoms with Gasteiger partial charge in [-0.3, -0.25) is 0 Å². The standard InChI is InChI=1S/C36H25ClN2S/c37-33-23-22-31-32-25-30(38(26-13-5-1-6-14-26)27-15-7-2-8-16-27)21-24-34(32)40-36(31)35(33)39(28-17-9-3-10-18-28)29-19-11-4-12-20-29/h1-25H. The first kappa shape index (κ1) is 24.5. The first-order valence-corrected chi connectivity index (χ1v) is 14.4. The molecule has 2 nitrogen and oxygen atoms in total. The maximum atomic E-state index is 7.02. The fourth-order valence-electron chi connectivity index (χ4n) is 5.30. The normalized spacial score (nSPS) is 11.1. The van der Waals surface area contributed by atoms with Crippen LogP contribution in [0.2, 0.25) is 5.02 Å². The molecular formula is C36H25ClN2S. The molecule has 0 spiro atoms. The van der Waals surface area contributed by atoms with Crippen molar-refractivity contribution < 1.29 is 0 Å². The number of benzene rings is 6. The van der Waals surface area contributed by atoms with E-state index in [0.29, 0.717) is 0 Å². The molecule has 40 heavy (non-hydrogen) atoms. The highest BCUT2D eigenvalue weighted by Crippen LogP contribution is 2.49. The van der Waals surface area contributed by atoms with Gasteiger partial charge in [0.25, 0.3) is 0 Å². The highest BCUT2D eigenvalue weighted by molar-refractivity contribution is 7.26. The Morgan fingerprint density at radius 2 is 0.900 bits per heavy atom. The number of anilines is 6. The van der Waals surface area contributed by atoms with Gasteiger partial charge in [0.2, 0.25) is 0 Å². The molecule has 4 heteroatoms. The summed E-state index contributed by atoms with van der Waals surface area (Å²) in [6, 6.07) is 52.9. The van der Waals surface area contributed by atoms with Crippen molar-refractivity contribution in [2.75, 3.05) is 9.80 Å². The molecule has 7 aromatic rings. The molecule has 7 rings (SSSR count). The minimum atomic E-state index is 0.724. The Balaban J connectivity index is 1.45. The largest absolute Gasteiger partial charge is 0.310 e. The zero-order chi connectivity index (χ0) is 26.9. The van der Waals surface area contributed by atoms with Gasteiger partial charge in [-0.25, -0.2) is 0 Å². The molecule has 1 aromatic heterocycles. The fourth-order valence-corrected chi connectivity index (χ4v) is 6.82. The molecule has 0 fully saturated rings. The van der Waals surface area contributed by atoms with Crippen molar-refractivity contribution in [3.8, 4) is 0 Å². The van der Waals surface area contributed by atoms with Crippen molar-refractivity contribution in [3.63, 3.8) is 0 Å². The van der Waals surface area contributed by atoms with Crippen LogP contribution in [0.1, 0.15) is 0 Å². The summed E-state index contributed by atoms with van der Waals surface area (Å²) >= 11 is 8.81. The number of rotatable bonds is 6. The molecule has 0 aliphatic carbocycles. The van der Waals surface area contributed by atoms with E-state index >= 15 is 0 Å². The van der Waals surface area contributed by atoms with Crippen molar-refractivity contribution in [2.24, 2.45) is 0 Å². The Bertz CT molecular complexity index is 1820. The minimum Gasteiger partial charge on any atom is -0.310 e. The monoisotopic (exact) mass is 552 g/mol. The van der Waals surface area contributed by atoms with Gasteiger partial charge in [-0.2, -0.15) is 0 Å². The molecule has 0 aliphatic rings. The smallest absolute Gasteiger partial charge is 0.0827 e. The molecule has 0 saturated carbocycles. The molecule has 192 valence electrons. The van der Waals surface area contributed by atoms with Gasteiger partial charge < -0.3 is 9.80 Å². The van der Waals surface area contributed by atoms with E-state index in [9.17, 15) is 0 Å². The van der Waals surface area contributed by atoms with Crippen molar-refractivity contribution in [1.29, 1.82) is 0 Å². The van der Waals surface area contributed by atoms with Crippen LogP contribution >= 0.6 is 22.9 Å². The molecule has 0 atom stereocenters.